The number of likely N-dealkylation sites (tertiary alicyclic amines) is 1. The third kappa shape index (κ3) is 4.41. The normalized spacial score (nSPS) is 22.5. The molecule has 0 bridgehead atoms. The smallest absolute Gasteiger partial charge is 0.237 e. The molecule has 0 radical (unpaired) electrons. The van der Waals surface area contributed by atoms with Crippen LogP contribution >= 0.6 is 0 Å². The van der Waals surface area contributed by atoms with Crippen LogP contribution in [0, 0.1) is 0 Å². The molecule has 9 heteroatoms. The molecule has 0 saturated carbocycles. The Balaban J connectivity index is 1.58. The molecule has 1 N–H and O–H groups in total. The summed E-state index contributed by atoms with van der Waals surface area (Å²) in [7, 11) is 1.87. The topological polar surface area (TPSA) is 90.9 Å². The first kappa shape index (κ1) is 21.0. The van der Waals surface area contributed by atoms with E-state index in [4.69, 9.17) is 14.7 Å². The lowest BCUT2D eigenvalue weighted by atomic mass is 9.99. The Morgan fingerprint density at radius 2 is 1.93 bits per heavy atom. The number of carbonyl (C=O) groups excluding carboxylic acids is 2. The highest BCUT2D eigenvalue weighted by molar-refractivity contribution is 5.79. The molecule has 2 amide bonds. The van der Waals surface area contributed by atoms with Crippen molar-refractivity contribution in [2.75, 3.05) is 58.3 Å². The Hall–Kier alpha value is -2.26. The average molecular weight is 417 g/mol. The van der Waals surface area contributed by atoms with E-state index in [9.17, 15) is 9.59 Å². The van der Waals surface area contributed by atoms with Gasteiger partial charge in [0.1, 0.15) is 5.82 Å². The number of amides is 2. The second-order valence-corrected chi connectivity index (χ2v) is 8.28. The molecule has 30 heavy (non-hydrogen) atoms. The highest BCUT2D eigenvalue weighted by Crippen LogP contribution is 2.32. The van der Waals surface area contributed by atoms with Crippen LogP contribution in [0.5, 0.6) is 0 Å². The summed E-state index contributed by atoms with van der Waals surface area (Å²) in [5.74, 6) is 1.72. The number of piperidine rings is 1. The van der Waals surface area contributed by atoms with Gasteiger partial charge < -0.3 is 19.9 Å². The third-order valence-electron chi connectivity index (χ3n) is 6.35. The van der Waals surface area contributed by atoms with Gasteiger partial charge in [0.05, 0.1) is 38.0 Å². The van der Waals surface area contributed by atoms with Gasteiger partial charge in [-0.3, -0.25) is 14.5 Å². The van der Waals surface area contributed by atoms with Crippen molar-refractivity contribution in [3.05, 3.63) is 17.1 Å². The Bertz CT molecular complexity index is 795. The summed E-state index contributed by atoms with van der Waals surface area (Å²) in [5.41, 5.74) is 1.98. The standard InChI is InChI=1S/C21H32N6O3/c1-15(28)26-8-6-16-17(13-26)23-21(24-20(16)22-2)18-5-3-4-7-27(18)19(29)14-25-9-11-30-12-10-25/h18H,3-14H2,1-2H3,(H,22,23,24). The fourth-order valence-corrected chi connectivity index (χ4v) is 4.61. The largest absolute Gasteiger partial charge is 0.379 e. The fraction of sp³-hybridized carbons (Fsp3) is 0.714. The van der Waals surface area contributed by atoms with E-state index in [1.54, 1.807) is 6.92 Å². The van der Waals surface area contributed by atoms with Crippen LogP contribution in [0.25, 0.3) is 0 Å². The number of hydrogen-bond acceptors (Lipinski definition) is 7. The van der Waals surface area contributed by atoms with Crippen LogP contribution in [-0.2, 0) is 27.3 Å². The minimum Gasteiger partial charge on any atom is -0.379 e. The fourth-order valence-electron chi connectivity index (χ4n) is 4.61. The lowest BCUT2D eigenvalue weighted by Gasteiger charge is -2.37. The predicted molar refractivity (Wildman–Crippen MR) is 112 cm³/mol. The van der Waals surface area contributed by atoms with Crippen molar-refractivity contribution in [3.8, 4) is 0 Å². The van der Waals surface area contributed by atoms with Gasteiger partial charge in [-0.1, -0.05) is 0 Å². The van der Waals surface area contributed by atoms with Crippen molar-refractivity contribution in [3.63, 3.8) is 0 Å². The number of nitrogens with one attached hydrogen (secondary N) is 1. The van der Waals surface area contributed by atoms with Crippen molar-refractivity contribution in [2.24, 2.45) is 0 Å². The van der Waals surface area contributed by atoms with E-state index in [-0.39, 0.29) is 17.9 Å². The van der Waals surface area contributed by atoms with E-state index in [0.717, 1.165) is 62.4 Å². The van der Waals surface area contributed by atoms with Gasteiger partial charge in [0, 0.05) is 45.7 Å². The summed E-state index contributed by atoms with van der Waals surface area (Å²) in [6.45, 7) is 6.90. The Morgan fingerprint density at radius 1 is 1.13 bits per heavy atom. The van der Waals surface area contributed by atoms with E-state index in [2.05, 4.69) is 10.2 Å². The maximum Gasteiger partial charge on any atom is 0.237 e. The zero-order valence-corrected chi connectivity index (χ0v) is 18.0. The van der Waals surface area contributed by atoms with Crippen LogP contribution < -0.4 is 5.32 Å². The van der Waals surface area contributed by atoms with Crippen molar-refractivity contribution >= 4 is 17.6 Å². The van der Waals surface area contributed by atoms with E-state index in [1.807, 2.05) is 16.8 Å². The molecule has 4 rings (SSSR count). The maximum absolute atomic E-state index is 13.2. The van der Waals surface area contributed by atoms with Gasteiger partial charge >= 0.3 is 0 Å². The number of anilines is 1. The lowest BCUT2D eigenvalue weighted by molar-refractivity contribution is -0.137. The van der Waals surface area contributed by atoms with Gasteiger partial charge in [-0.15, -0.1) is 0 Å². The summed E-state index contributed by atoms with van der Waals surface area (Å²) in [6.07, 6.45) is 3.68. The van der Waals surface area contributed by atoms with Gasteiger partial charge in [-0.2, -0.15) is 0 Å². The molecule has 4 heterocycles. The van der Waals surface area contributed by atoms with E-state index < -0.39 is 0 Å². The zero-order chi connectivity index (χ0) is 21.1. The van der Waals surface area contributed by atoms with Crippen molar-refractivity contribution in [2.45, 2.75) is 45.2 Å². The summed E-state index contributed by atoms with van der Waals surface area (Å²) in [5, 5.41) is 3.21. The minimum atomic E-state index is -0.114. The number of rotatable bonds is 4. The van der Waals surface area contributed by atoms with E-state index >= 15 is 0 Å². The quantitative estimate of drug-likeness (QED) is 0.777. The van der Waals surface area contributed by atoms with Crippen LogP contribution in [-0.4, -0.2) is 89.5 Å². The molecule has 3 aliphatic rings. The van der Waals surface area contributed by atoms with Crippen LogP contribution in [0.4, 0.5) is 5.82 Å². The van der Waals surface area contributed by atoms with Gasteiger partial charge in [-0.25, -0.2) is 9.97 Å². The van der Waals surface area contributed by atoms with Crippen LogP contribution in [0.3, 0.4) is 0 Å². The molecule has 0 aliphatic carbocycles. The molecule has 1 aromatic rings. The number of carbonyl (C=O) groups is 2. The summed E-state index contributed by atoms with van der Waals surface area (Å²) >= 11 is 0. The number of fused-ring (bicyclic) bond motifs is 1. The lowest BCUT2D eigenvalue weighted by Crippen LogP contribution is -2.47. The second kappa shape index (κ2) is 9.26. The molecule has 1 aromatic heterocycles. The first-order chi connectivity index (χ1) is 14.6. The summed E-state index contributed by atoms with van der Waals surface area (Å²) in [6, 6.07) is -0.114. The van der Waals surface area contributed by atoms with Gasteiger partial charge in [0.2, 0.25) is 11.8 Å². The van der Waals surface area contributed by atoms with Crippen molar-refractivity contribution in [1.82, 2.24) is 24.7 Å². The number of nitrogens with zero attached hydrogens (tertiary/aromatic N) is 5. The highest BCUT2D eigenvalue weighted by atomic mass is 16.5. The summed E-state index contributed by atoms with van der Waals surface area (Å²) < 4.78 is 5.40. The van der Waals surface area contributed by atoms with Crippen LogP contribution in [0.1, 0.15) is 49.3 Å². The highest BCUT2D eigenvalue weighted by Gasteiger charge is 2.33. The molecule has 0 spiro atoms. The number of ether oxygens (including phenoxy) is 1. The molecule has 9 nitrogen and oxygen atoms in total. The van der Waals surface area contributed by atoms with Crippen LogP contribution in [0.15, 0.2) is 0 Å². The second-order valence-electron chi connectivity index (χ2n) is 8.28. The van der Waals surface area contributed by atoms with Gasteiger partial charge in [-0.05, 0) is 25.7 Å². The first-order valence-corrected chi connectivity index (χ1v) is 11.0. The van der Waals surface area contributed by atoms with E-state index in [1.165, 1.54) is 0 Å². The monoisotopic (exact) mass is 416 g/mol. The molecule has 1 unspecified atom stereocenters. The first-order valence-electron chi connectivity index (χ1n) is 11.0. The third-order valence-corrected chi connectivity index (χ3v) is 6.35. The molecular weight excluding hydrogens is 384 g/mol. The number of hydrogen-bond donors (Lipinski definition) is 1. The van der Waals surface area contributed by atoms with Crippen molar-refractivity contribution in [1.29, 1.82) is 0 Å². The number of aromatic nitrogens is 2. The SMILES string of the molecule is CNc1nc(C2CCCCN2C(=O)CN2CCOCC2)nc2c1CCN(C(C)=O)C2. The summed E-state index contributed by atoms with van der Waals surface area (Å²) in [4.78, 5) is 40.7. The predicted octanol–water partition coefficient (Wildman–Crippen LogP) is 0.809. The van der Waals surface area contributed by atoms with E-state index in [0.29, 0.717) is 38.7 Å². The molecule has 3 aliphatic heterocycles. The van der Waals surface area contributed by atoms with Crippen LogP contribution in [0.2, 0.25) is 0 Å². The molecule has 0 aromatic carbocycles. The zero-order valence-electron chi connectivity index (χ0n) is 18.0. The Morgan fingerprint density at radius 3 is 2.67 bits per heavy atom. The molecule has 2 fully saturated rings. The average Bonchev–Trinajstić information content (AvgIpc) is 2.78. The van der Waals surface area contributed by atoms with Gasteiger partial charge in [0.15, 0.2) is 5.82 Å². The maximum atomic E-state index is 13.2. The molecule has 164 valence electrons. The molecule has 2 saturated heterocycles. The Labute approximate surface area is 177 Å². The van der Waals surface area contributed by atoms with Gasteiger partial charge in [0.25, 0.3) is 0 Å². The number of morpholine rings is 1. The van der Waals surface area contributed by atoms with Crippen molar-refractivity contribution < 1.29 is 14.3 Å². The molecule has 1 atom stereocenters. The Kier molecular flexibility index (Phi) is 6.48. The molecular formula is C21H32N6O3. The minimum absolute atomic E-state index is 0.0619.